The SMILES string of the molecule is CCCCN(CCCC)c1ccc(-c2ccc(C=C(C#N)C(=O)O)s2)cc1. The fourth-order valence-electron chi connectivity index (χ4n) is 2.77. The van der Waals surface area contributed by atoms with Gasteiger partial charge in [-0.3, -0.25) is 0 Å². The van der Waals surface area contributed by atoms with Crippen LogP contribution < -0.4 is 4.90 Å². The number of hydrogen-bond acceptors (Lipinski definition) is 4. The Balaban J connectivity index is 2.17. The van der Waals surface area contributed by atoms with Crippen LogP contribution in [0.4, 0.5) is 5.69 Å². The van der Waals surface area contributed by atoms with Crippen molar-refractivity contribution < 1.29 is 9.90 Å². The summed E-state index contributed by atoms with van der Waals surface area (Å²) in [7, 11) is 0. The molecule has 0 saturated carbocycles. The number of rotatable bonds is 10. The predicted molar refractivity (Wildman–Crippen MR) is 113 cm³/mol. The van der Waals surface area contributed by atoms with E-state index in [2.05, 4.69) is 43.0 Å². The summed E-state index contributed by atoms with van der Waals surface area (Å²) in [6.45, 7) is 6.59. The first-order valence-electron chi connectivity index (χ1n) is 9.39. The van der Waals surface area contributed by atoms with E-state index in [0.717, 1.165) is 28.4 Å². The first kappa shape index (κ1) is 20.7. The van der Waals surface area contributed by atoms with Crippen LogP contribution in [0.3, 0.4) is 0 Å². The van der Waals surface area contributed by atoms with E-state index >= 15 is 0 Å². The lowest BCUT2D eigenvalue weighted by Gasteiger charge is -2.24. The van der Waals surface area contributed by atoms with Crippen LogP contribution >= 0.6 is 11.3 Å². The normalized spacial score (nSPS) is 11.2. The molecule has 4 nitrogen and oxygen atoms in total. The maximum Gasteiger partial charge on any atom is 0.346 e. The Kier molecular flexibility index (Phi) is 8.09. The number of hydrogen-bond donors (Lipinski definition) is 1. The van der Waals surface area contributed by atoms with Gasteiger partial charge in [0.2, 0.25) is 0 Å². The van der Waals surface area contributed by atoms with E-state index in [9.17, 15) is 4.79 Å². The average Bonchev–Trinajstić information content (AvgIpc) is 3.15. The maximum atomic E-state index is 11.0. The molecule has 0 atom stereocenters. The van der Waals surface area contributed by atoms with E-state index in [1.165, 1.54) is 48.8 Å². The molecular weight excluding hydrogens is 356 g/mol. The molecule has 27 heavy (non-hydrogen) atoms. The highest BCUT2D eigenvalue weighted by atomic mass is 32.1. The zero-order valence-electron chi connectivity index (χ0n) is 15.9. The molecule has 0 spiro atoms. The fraction of sp³-hybridized carbons (Fsp3) is 0.364. The maximum absolute atomic E-state index is 11.0. The van der Waals surface area contributed by atoms with Gasteiger partial charge in [-0.15, -0.1) is 11.3 Å². The van der Waals surface area contributed by atoms with Crippen molar-refractivity contribution in [3.05, 3.63) is 46.8 Å². The molecule has 0 amide bonds. The van der Waals surface area contributed by atoms with Crippen LogP contribution in [0.5, 0.6) is 0 Å². The quantitative estimate of drug-likeness (QED) is 0.416. The highest BCUT2D eigenvalue weighted by Crippen LogP contribution is 2.31. The van der Waals surface area contributed by atoms with Crippen LogP contribution in [0.1, 0.15) is 44.4 Å². The predicted octanol–water partition coefficient (Wildman–Crippen LogP) is 5.81. The zero-order chi connectivity index (χ0) is 19.6. The van der Waals surface area contributed by atoms with Gasteiger partial charge in [0.25, 0.3) is 0 Å². The van der Waals surface area contributed by atoms with E-state index < -0.39 is 5.97 Å². The molecule has 2 rings (SSSR count). The summed E-state index contributed by atoms with van der Waals surface area (Å²) in [6, 6.07) is 14.1. The summed E-state index contributed by atoms with van der Waals surface area (Å²) in [5, 5.41) is 17.9. The Bertz CT molecular complexity index is 808. The van der Waals surface area contributed by atoms with E-state index in [1.807, 2.05) is 12.1 Å². The van der Waals surface area contributed by atoms with Crippen LogP contribution in [-0.4, -0.2) is 24.2 Å². The minimum Gasteiger partial charge on any atom is -0.477 e. The van der Waals surface area contributed by atoms with Gasteiger partial charge in [-0.25, -0.2) is 4.79 Å². The summed E-state index contributed by atoms with van der Waals surface area (Å²) < 4.78 is 0. The molecule has 0 unspecified atom stereocenters. The van der Waals surface area contributed by atoms with Crippen LogP contribution in [0.2, 0.25) is 0 Å². The number of anilines is 1. The minimum absolute atomic E-state index is 0.249. The molecule has 1 aromatic carbocycles. The number of carbonyl (C=O) groups is 1. The van der Waals surface area contributed by atoms with Crippen molar-refractivity contribution in [1.29, 1.82) is 5.26 Å². The first-order chi connectivity index (χ1) is 13.1. The standard InChI is InChI=1S/C22H26N2O2S/c1-3-5-13-24(14-6-4-2)19-9-7-17(8-10-19)21-12-11-20(27-21)15-18(16-23)22(25)26/h7-12,15H,3-6,13-14H2,1-2H3,(H,25,26). The minimum atomic E-state index is -1.20. The Labute approximate surface area is 165 Å². The van der Waals surface area contributed by atoms with Gasteiger partial charge in [-0.1, -0.05) is 38.8 Å². The third-order valence-corrected chi connectivity index (χ3v) is 5.43. The van der Waals surface area contributed by atoms with Gasteiger partial charge >= 0.3 is 5.97 Å². The monoisotopic (exact) mass is 382 g/mol. The van der Waals surface area contributed by atoms with E-state index in [0.29, 0.717) is 0 Å². The molecule has 1 heterocycles. The molecule has 2 aromatic rings. The van der Waals surface area contributed by atoms with Gasteiger partial charge < -0.3 is 10.0 Å². The van der Waals surface area contributed by atoms with E-state index in [-0.39, 0.29) is 5.57 Å². The smallest absolute Gasteiger partial charge is 0.346 e. The van der Waals surface area contributed by atoms with Crippen molar-refractivity contribution in [2.75, 3.05) is 18.0 Å². The van der Waals surface area contributed by atoms with Crippen molar-refractivity contribution in [3.63, 3.8) is 0 Å². The number of benzene rings is 1. The molecule has 0 aliphatic heterocycles. The van der Waals surface area contributed by atoms with Gasteiger partial charge in [0.05, 0.1) is 0 Å². The Morgan fingerprint density at radius 3 is 2.26 bits per heavy atom. The number of nitrogens with zero attached hydrogens (tertiary/aromatic N) is 2. The topological polar surface area (TPSA) is 64.3 Å². The second-order valence-electron chi connectivity index (χ2n) is 6.42. The van der Waals surface area contributed by atoms with E-state index in [4.69, 9.17) is 10.4 Å². The molecule has 1 aromatic heterocycles. The largest absolute Gasteiger partial charge is 0.477 e. The van der Waals surface area contributed by atoms with Crippen molar-refractivity contribution in [2.45, 2.75) is 39.5 Å². The van der Waals surface area contributed by atoms with Crippen LogP contribution in [-0.2, 0) is 4.79 Å². The second kappa shape index (κ2) is 10.5. The molecule has 142 valence electrons. The molecule has 0 aliphatic carbocycles. The lowest BCUT2D eigenvalue weighted by molar-refractivity contribution is -0.132. The number of carboxylic acid groups (broad SMARTS) is 1. The Morgan fingerprint density at radius 1 is 1.11 bits per heavy atom. The first-order valence-corrected chi connectivity index (χ1v) is 10.2. The fourth-order valence-corrected chi connectivity index (χ4v) is 3.73. The molecule has 0 bridgehead atoms. The summed E-state index contributed by atoms with van der Waals surface area (Å²) in [5.74, 6) is -1.20. The lowest BCUT2D eigenvalue weighted by Crippen LogP contribution is -2.25. The van der Waals surface area contributed by atoms with Gasteiger partial charge in [0.15, 0.2) is 0 Å². The van der Waals surface area contributed by atoms with Gasteiger partial charge in [-0.05, 0) is 48.7 Å². The molecule has 1 N–H and O–H groups in total. The molecule has 0 aliphatic rings. The van der Waals surface area contributed by atoms with Gasteiger partial charge in [0, 0.05) is 28.5 Å². The van der Waals surface area contributed by atoms with Crippen molar-refractivity contribution in [2.24, 2.45) is 0 Å². The summed E-state index contributed by atoms with van der Waals surface area (Å²) in [4.78, 5) is 15.2. The van der Waals surface area contributed by atoms with Crippen molar-refractivity contribution >= 4 is 29.1 Å². The number of carboxylic acids is 1. The van der Waals surface area contributed by atoms with Gasteiger partial charge in [-0.2, -0.15) is 5.26 Å². The third-order valence-electron chi connectivity index (χ3n) is 4.34. The highest BCUT2D eigenvalue weighted by Gasteiger charge is 2.09. The van der Waals surface area contributed by atoms with Crippen LogP contribution in [0, 0.1) is 11.3 Å². The van der Waals surface area contributed by atoms with Crippen molar-refractivity contribution in [3.8, 4) is 16.5 Å². The molecule has 5 heteroatoms. The number of thiophene rings is 1. The Morgan fingerprint density at radius 2 is 1.74 bits per heavy atom. The molecule has 0 radical (unpaired) electrons. The number of aliphatic carboxylic acids is 1. The average molecular weight is 383 g/mol. The van der Waals surface area contributed by atoms with Crippen LogP contribution in [0.25, 0.3) is 16.5 Å². The summed E-state index contributed by atoms with van der Waals surface area (Å²) in [6.07, 6.45) is 6.18. The Hall–Kier alpha value is -2.58. The molecular formula is C22H26N2O2S. The lowest BCUT2D eigenvalue weighted by atomic mass is 10.1. The molecule has 0 fully saturated rings. The van der Waals surface area contributed by atoms with E-state index in [1.54, 1.807) is 6.07 Å². The second-order valence-corrected chi connectivity index (χ2v) is 7.53. The molecule has 0 saturated heterocycles. The zero-order valence-corrected chi connectivity index (χ0v) is 16.8. The van der Waals surface area contributed by atoms with Crippen LogP contribution in [0.15, 0.2) is 42.0 Å². The number of nitriles is 1. The van der Waals surface area contributed by atoms with Gasteiger partial charge in [0.1, 0.15) is 11.6 Å². The summed E-state index contributed by atoms with van der Waals surface area (Å²) in [5.41, 5.74) is 2.10. The third kappa shape index (κ3) is 5.97. The number of unbranched alkanes of at least 4 members (excludes halogenated alkanes) is 2. The highest BCUT2D eigenvalue weighted by molar-refractivity contribution is 7.16. The summed E-state index contributed by atoms with van der Waals surface area (Å²) >= 11 is 1.48. The van der Waals surface area contributed by atoms with Crippen molar-refractivity contribution in [1.82, 2.24) is 0 Å².